The first-order valence-electron chi connectivity index (χ1n) is 9.35. The molecule has 0 aromatic heterocycles. The van der Waals surface area contributed by atoms with Gasteiger partial charge >= 0.3 is 0 Å². The van der Waals surface area contributed by atoms with Crippen molar-refractivity contribution in [3.63, 3.8) is 0 Å². The van der Waals surface area contributed by atoms with E-state index in [4.69, 9.17) is 30.2 Å². The number of non-ortho nitro benzene ring substituents is 2. The molecule has 2 N–H and O–H groups in total. The van der Waals surface area contributed by atoms with Crippen LogP contribution in [0.2, 0.25) is 0 Å². The van der Waals surface area contributed by atoms with Crippen molar-refractivity contribution in [1.29, 1.82) is 0 Å². The molecule has 168 valence electrons. The lowest BCUT2D eigenvalue weighted by molar-refractivity contribution is -0.385. The summed E-state index contributed by atoms with van der Waals surface area (Å²) in [5, 5.41) is 24.4. The standard InChI is InChI=1S/C9H8N4O4.C9H10N2O4/c10-12-11-4-3-9-16-7-2-1-6(13(14)15)5-8(7)17-9;10-4-3-9-14-7-2-1-6(11(12)13)5-8(7)15-9/h1-2,5,9H,3-4H2;1-2,5,9H,3-4,10H2. The van der Waals surface area contributed by atoms with E-state index in [1.807, 2.05) is 0 Å². The minimum atomic E-state index is -0.558. The molecule has 0 radical (unpaired) electrons. The highest BCUT2D eigenvalue weighted by Gasteiger charge is 2.26. The van der Waals surface area contributed by atoms with Crippen LogP contribution in [0.25, 0.3) is 10.4 Å². The van der Waals surface area contributed by atoms with E-state index in [2.05, 4.69) is 10.0 Å². The maximum atomic E-state index is 10.5. The molecule has 2 aliphatic rings. The number of benzene rings is 2. The first-order valence-corrected chi connectivity index (χ1v) is 9.35. The molecule has 32 heavy (non-hydrogen) atoms. The Morgan fingerprint density at radius 1 is 0.875 bits per heavy atom. The van der Waals surface area contributed by atoms with Gasteiger partial charge in [0.25, 0.3) is 11.4 Å². The molecular formula is C18H18N6O8. The molecule has 2 aromatic carbocycles. The Morgan fingerprint density at radius 3 is 1.78 bits per heavy atom. The summed E-state index contributed by atoms with van der Waals surface area (Å²) >= 11 is 0. The van der Waals surface area contributed by atoms with Crippen LogP contribution in [0.4, 0.5) is 11.4 Å². The van der Waals surface area contributed by atoms with Crippen LogP contribution in [0.15, 0.2) is 41.5 Å². The number of ether oxygens (including phenoxy) is 4. The van der Waals surface area contributed by atoms with Crippen molar-refractivity contribution >= 4 is 11.4 Å². The molecule has 2 atom stereocenters. The second-order valence-electron chi connectivity index (χ2n) is 6.43. The van der Waals surface area contributed by atoms with E-state index >= 15 is 0 Å². The van der Waals surface area contributed by atoms with Crippen LogP contribution < -0.4 is 24.7 Å². The Bertz CT molecular complexity index is 1060. The van der Waals surface area contributed by atoms with E-state index < -0.39 is 22.4 Å². The van der Waals surface area contributed by atoms with Crippen LogP contribution in [-0.4, -0.2) is 35.5 Å². The Labute approximate surface area is 180 Å². The Hall–Kier alpha value is -4.29. The molecule has 0 aliphatic carbocycles. The fraction of sp³-hybridized carbons (Fsp3) is 0.333. The Morgan fingerprint density at radius 2 is 1.34 bits per heavy atom. The van der Waals surface area contributed by atoms with Gasteiger partial charge in [0.15, 0.2) is 23.0 Å². The molecule has 0 bridgehead atoms. The summed E-state index contributed by atoms with van der Waals surface area (Å²) in [7, 11) is 0. The third-order valence-electron chi connectivity index (χ3n) is 4.24. The van der Waals surface area contributed by atoms with Crippen molar-refractivity contribution in [3.05, 3.63) is 67.1 Å². The van der Waals surface area contributed by atoms with Crippen LogP contribution in [0, 0.1) is 20.2 Å². The lowest BCUT2D eigenvalue weighted by Gasteiger charge is -2.07. The summed E-state index contributed by atoms with van der Waals surface area (Å²) in [4.78, 5) is 22.7. The van der Waals surface area contributed by atoms with Crippen LogP contribution in [0.5, 0.6) is 23.0 Å². The van der Waals surface area contributed by atoms with Gasteiger partial charge < -0.3 is 24.7 Å². The summed E-state index contributed by atoms with van der Waals surface area (Å²) in [6.07, 6.45) is -0.0285. The van der Waals surface area contributed by atoms with Crippen molar-refractivity contribution in [3.8, 4) is 23.0 Å². The van der Waals surface area contributed by atoms with Gasteiger partial charge in [0.05, 0.1) is 22.0 Å². The molecule has 2 aliphatic heterocycles. The van der Waals surface area contributed by atoms with Gasteiger partial charge in [-0.05, 0) is 24.2 Å². The highest BCUT2D eigenvalue weighted by molar-refractivity contribution is 5.50. The number of nitro groups is 2. The predicted octanol–water partition coefficient (Wildman–Crippen LogP) is 3.43. The van der Waals surface area contributed by atoms with Crippen LogP contribution in [0.3, 0.4) is 0 Å². The zero-order chi connectivity index (χ0) is 23.1. The second-order valence-corrected chi connectivity index (χ2v) is 6.43. The van der Waals surface area contributed by atoms with Gasteiger partial charge in [-0.2, -0.15) is 0 Å². The zero-order valence-corrected chi connectivity index (χ0v) is 16.5. The third-order valence-corrected chi connectivity index (χ3v) is 4.24. The predicted molar refractivity (Wildman–Crippen MR) is 109 cm³/mol. The fourth-order valence-electron chi connectivity index (χ4n) is 2.79. The molecular weight excluding hydrogens is 428 g/mol. The van der Waals surface area contributed by atoms with Gasteiger partial charge in [0.1, 0.15) is 0 Å². The maximum absolute atomic E-state index is 10.5. The van der Waals surface area contributed by atoms with E-state index in [9.17, 15) is 20.2 Å². The van der Waals surface area contributed by atoms with Gasteiger partial charge in [-0.3, -0.25) is 20.2 Å². The SMILES string of the molecule is NCCC1Oc2ccc([N+](=O)[O-])cc2O1.[N-]=[N+]=NCCC1Oc2ccc([N+](=O)[O-])cc2O1. The zero-order valence-electron chi connectivity index (χ0n) is 16.5. The summed E-state index contributed by atoms with van der Waals surface area (Å²) in [5.74, 6) is 1.73. The van der Waals surface area contributed by atoms with Crippen molar-refractivity contribution in [2.75, 3.05) is 13.1 Å². The molecule has 14 nitrogen and oxygen atoms in total. The van der Waals surface area contributed by atoms with Gasteiger partial charge in [-0.15, -0.1) is 0 Å². The van der Waals surface area contributed by atoms with Crippen molar-refractivity contribution in [2.45, 2.75) is 25.4 Å². The van der Waals surface area contributed by atoms with Crippen LogP contribution in [-0.2, 0) is 0 Å². The fourth-order valence-corrected chi connectivity index (χ4v) is 2.79. The molecule has 0 spiro atoms. The van der Waals surface area contributed by atoms with E-state index in [-0.39, 0.29) is 17.9 Å². The molecule has 0 fully saturated rings. The van der Waals surface area contributed by atoms with E-state index in [0.29, 0.717) is 42.4 Å². The monoisotopic (exact) mass is 446 g/mol. The van der Waals surface area contributed by atoms with Crippen LogP contribution >= 0.6 is 0 Å². The Balaban J connectivity index is 0.000000182. The average Bonchev–Trinajstić information content (AvgIpc) is 3.36. The van der Waals surface area contributed by atoms with E-state index in [1.54, 1.807) is 0 Å². The lowest BCUT2D eigenvalue weighted by atomic mass is 10.3. The van der Waals surface area contributed by atoms with Gasteiger partial charge in [0, 0.05) is 36.4 Å². The molecule has 4 rings (SSSR count). The molecule has 2 unspecified atom stereocenters. The van der Waals surface area contributed by atoms with Crippen molar-refractivity contribution in [2.24, 2.45) is 10.8 Å². The van der Waals surface area contributed by atoms with Gasteiger partial charge in [-0.1, -0.05) is 5.11 Å². The first kappa shape index (κ1) is 22.4. The first-order chi connectivity index (χ1) is 15.4. The molecule has 0 saturated carbocycles. The third kappa shape index (κ3) is 5.44. The quantitative estimate of drug-likeness (QED) is 0.217. The van der Waals surface area contributed by atoms with Crippen molar-refractivity contribution < 1.29 is 28.8 Å². The number of nitrogens with two attached hydrogens (primary N) is 1. The smallest absolute Gasteiger partial charge is 0.273 e. The highest BCUT2D eigenvalue weighted by Crippen LogP contribution is 2.39. The number of nitrogens with zero attached hydrogens (tertiary/aromatic N) is 5. The molecule has 2 aromatic rings. The number of nitro benzene ring substituents is 2. The summed E-state index contributed by atoms with van der Waals surface area (Å²) < 4.78 is 21.4. The largest absolute Gasteiger partial charge is 0.451 e. The topological polar surface area (TPSA) is 198 Å². The number of azide groups is 1. The van der Waals surface area contributed by atoms with Crippen LogP contribution in [0.1, 0.15) is 12.8 Å². The minimum Gasteiger partial charge on any atom is -0.451 e. The average molecular weight is 446 g/mol. The second kappa shape index (κ2) is 10.1. The highest BCUT2D eigenvalue weighted by atomic mass is 16.7. The van der Waals surface area contributed by atoms with Gasteiger partial charge in [0.2, 0.25) is 12.6 Å². The molecule has 14 heteroatoms. The maximum Gasteiger partial charge on any atom is 0.273 e. The normalized spacial score (nSPS) is 17.0. The van der Waals surface area contributed by atoms with Gasteiger partial charge in [-0.25, -0.2) is 0 Å². The number of hydrogen-bond acceptors (Lipinski definition) is 10. The van der Waals surface area contributed by atoms with E-state index in [1.165, 1.54) is 36.4 Å². The number of hydrogen-bond donors (Lipinski definition) is 1. The minimum absolute atomic E-state index is 0.00857. The summed E-state index contributed by atoms with van der Waals surface area (Å²) in [6.45, 7) is 0.692. The Kier molecular flexibility index (Phi) is 7.10. The molecule has 0 amide bonds. The lowest BCUT2D eigenvalue weighted by Crippen LogP contribution is -2.21. The van der Waals surface area contributed by atoms with Crippen molar-refractivity contribution in [1.82, 2.24) is 0 Å². The molecule has 0 saturated heterocycles. The summed E-state index contributed by atoms with van der Waals surface area (Å²) in [6, 6.07) is 8.41. The molecule has 2 heterocycles. The van der Waals surface area contributed by atoms with E-state index in [0.717, 1.165) is 0 Å². The summed E-state index contributed by atoms with van der Waals surface area (Å²) in [5.41, 5.74) is 13.4. The number of fused-ring (bicyclic) bond motifs is 2. The number of rotatable bonds is 7.